The van der Waals surface area contributed by atoms with Gasteiger partial charge in [-0.1, -0.05) is 22.9 Å². The Morgan fingerprint density at radius 2 is 2.24 bits per heavy atom. The van der Waals surface area contributed by atoms with Crippen molar-refractivity contribution in [2.24, 2.45) is 0 Å². The molecule has 0 aromatic heterocycles. The highest BCUT2D eigenvalue weighted by atomic mass is 127. The third-order valence-corrected chi connectivity index (χ3v) is 3.91. The molecule has 0 radical (unpaired) electrons. The predicted molar refractivity (Wildman–Crippen MR) is 86.0 cm³/mol. The van der Waals surface area contributed by atoms with E-state index in [0.717, 1.165) is 19.4 Å². The Bertz CT molecular complexity index is 420. The minimum atomic E-state index is 0.380. The molecular formula is C14H17BrIN. The second kappa shape index (κ2) is 8.12. The lowest BCUT2D eigenvalue weighted by Crippen LogP contribution is -2.21. The monoisotopic (exact) mass is 405 g/mol. The molecule has 1 aromatic rings. The molecule has 92 valence electrons. The molecule has 1 unspecified atom stereocenters. The lowest BCUT2D eigenvalue weighted by atomic mass is 10.0. The van der Waals surface area contributed by atoms with Crippen molar-refractivity contribution in [2.45, 2.75) is 32.7 Å². The van der Waals surface area contributed by atoms with Crippen molar-refractivity contribution >= 4 is 38.5 Å². The van der Waals surface area contributed by atoms with Gasteiger partial charge in [-0.05, 0) is 66.2 Å². The van der Waals surface area contributed by atoms with Gasteiger partial charge in [-0.2, -0.15) is 0 Å². The lowest BCUT2D eigenvalue weighted by molar-refractivity contribution is 0.520. The summed E-state index contributed by atoms with van der Waals surface area (Å²) >= 11 is 5.98. The summed E-state index contributed by atoms with van der Waals surface area (Å²) in [7, 11) is 0. The quantitative estimate of drug-likeness (QED) is 0.561. The van der Waals surface area contributed by atoms with Crippen molar-refractivity contribution in [1.82, 2.24) is 5.32 Å². The van der Waals surface area contributed by atoms with E-state index in [1.165, 1.54) is 13.6 Å². The van der Waals surface area contributed by atoms with Gasteiger partial charge in [0.2, 0.25) is 0 Å². The van der Waals surface area contributed by atoms with Crippen molar-refractivity contribution in [2.75, 3.05) is 6.54 Å². The summed E-state index contributed by atoms with van der Waals surface area (Å²) in [5.74, 6) is 6.09. The summed E-state index contributed by atoms with van der Waals surface area (Å²) in [5.41, 5.74) is 1.33. The molecule has 0 saturated heterocycles. The van der Waals surface area contributed by atoms with E-state index in [4.69, 9.17) is 0 Å². The second-order valence-corrected chi connectivity index (χ2v) is 5.84. The number of hydrogen-bond donors (Lipinski definition) is 1. The van der Waals surface area contributed by atoms with Gasteiger partial charge in [0.25, 0.3) is 0 Å². The maximum absolute atomic E-state index is 3.63. The van der Waals surface area contributed by atoms with E-state index in [9.17, 15) is 0 Å². The summed E-state index contributed by atoms with van der Waals surface area (Å²) < 4.78 is 2.44. The van der Waals surface area contributed by atoms with Crippen LogP contribution in [0.15, 0.2) is 22.7 Å². The van der Waals surface area contributed by atoms with Gasteiger partial charge in [0.1, 0.15) is 0 Å². The average Bonchev–Trinajstić information content (AvgIpc) is 2.32. The van der Waals surface area contributed by atoms with Crippen LogP contribution in [-0.4, -0.2) is 6.54 Å². The summed E-state index contributed by atoms with van der Waals surface area (Å²) in [6.45, 7) is 5.01. The van der Waals surface area contributed by atoms with E-state index < -0.39 is 0 Å². The SMILES string of the molecule is CC#CCCC(NCC)c1cc(I)ccc1Br. The molecule has 1 atom stereocenters. The third kappa shape index (κ3) is 4.99. The van der Waals surface area contributed by atoms with Crippen LogP contribution in [0.4, 0.5) is 0 Å². The van der Waals surface area contributed by atoms with E-state index >= 15 is 0 Å². The maximum Gasteiger partial charge on any atom is 0.0340 e. The molecule has 3 heteroatoms. The van der Waals surface area contributed by atoms with E-state index in [-0.39, 0.29) is 0 Å². The van der Waals surface area contributed by atoms with E-state index in [1.54, 1.807) is 0 Å². The zero-order valence-corrected chi connectivity index (χ0v) is 13.9. The largest absolute Gasteiger partial charge is 0.310 e. The number of hydrogen-bond acceptors (Lipinski definition) is 1. The van der Waals surface area contributed by atoms with Gasteiger partial charge < -0.3 is 5.32 Å². The van der Waals surface area contributed by atoms with Crippen molar-refractivity contribution in [1.29, 1.82) is 0 Å². The highest BCUT2D eigenvalue weighted by Crippen LogP contribution is 2.28. The van der Waals surface area contributed by atoms with Crippen LogP contribution in [0.25, 0.3) is 0 Å². The molecule has 1 nitrogen and oxygen atoms in total. The molecule has 1 N–H and O–H groups in total. The fraction of sp³-hybridized carbons (Fsp3) is 0.429. The van der Waals surface area contributed by atoms with Gasteiger partial charge in [0.05, 0.1) is 0 Å². The minimum absolute atomic E-state index is 0.380. The second-order valence-electron chi connectivity index (χ2n) is 3.74. The first-order chi connectivity index (χ1) is 8.19. The molecule has 17 heavy (non-hydrogen) atoms. The minimum Gasteiger partial charge on any atom is -0.310 e. The van der Waals surface area contributed by atoms with Gasteiger partial charge in [-0.25, -0.2) is 0 Å². The summed E-state index contributed by atoms with van der Waals surface area (Å²) in [4.78, 5) is 0. The molecule has 0 aliphatic rings. The zero-order valence-electron chi connectivity index (χ0n) is 10.2. The molecular weight excluding hydrogens is 389 g/mol. The van der Waals surface area contributed by atoms with Crippen LogP contribution >= 0.6 is 38.5 Å². The van der Waals surface area contributed by atoms with E-state index in [2.05, 4.69) is 80.8 Å². The van der Waals surface area contributed by atoms with E-state index in [1.807, 2.05) is 6.92 Å². The summed E-state index contributed by atoms with van der Waals surface area (Å²) in [6.07, 6.45) is 1.99. The van der Waals surface area contributed by atoms with Crippen LogP contribution in [0, 0.1) is 15.4 Å². The molecule has 0 fully saturated rings. The fourth-order valence-corrected chi connectivity index (χ4v) is 2.78. The number of halogens is 2. The maximum atomic E-state index is 3.63. The highest BCUT2D eigenvalue weighted by molar-refractivity contribution is 14.1. The van der Waals surface area contributed by atoms with Crippen molar-refractivity contribution < 1.29 is 0 Å². The molecule has 1 rings (SSSR count). The van der Waals surface area contributed by atoms with Crippen molar-refractivity contribution in [3.63, 3.8) is 0 Å². The number of nitrogens with one attached hydrogen (secondary N) is 1. The smallest absolute Gasteiger partial charge is 0.0340 e. The molecule has 0 heterocycles. The molecule has 0 bridgehead atoms. The molecule has 0 spiro atoms. The molecule has 1 aromatic carbocycles. The third-order valence-electron chi connectivity index (χ3n) is 2.52. The Kier molecular flexibility index (Phi) is 7.17. The first-order valence-electron chi connectivity index (χ1n) is 5.77. The van der Waals surface area contributed by atoms with Crippen LogP contribution in [0.3, 0.4) is 0 Å². The molecule has 0 aliphatic carbocycles. The Morgan fingerprint density at radius 1 is 1.47 bits per heavy atom. The van der Waals surface area contributed by atoms with Crippen molar-refractivity contribution in [3.8, 4) is 11.8 Å². The number of rotatable bonds is 5. The van der Waals surface area contributed by atoms with Gasteiger partial charge >= 0.3 is 0 Å². The first kappa shape index (κ1) is 15.0. The van der Waals surface area contributed by atoms with Crippen LogP contribution < -0.4 is 5.32 Å². The summed E-state index contributed by atoms with van der Waals surface area (Å²) in [6, 6.07) is 6.85. The fourth-order valence-electron chi connectivity index (χ4n) is 1.74. The molecule has 0 amide bonds. The Balaban J connectivity index is 2.86. The van der Waals surface area contributed by atoms with Crippen LogP contribution in [0.2, 0.25) is 0 Å². The highest BCUT2D eigenvalue weighted by Gasteiger charge is 2.13. The zero-order chi connectivity index (χ0) is 12.7. The standard InChI is InChI=1S/C14H17BrIN/c1-3-5-6-7-14(17-4-2)12-10-11(16)8-9-13(12)15/h8-10,14,17H,4,6-7H2,1-2H3. The van der Waals surface area contributed by atoms with Crippen molar-refractivity contribution in [3.05, 3.63) is 31.8 Å². The molecule has 0 aliphatic heterocycles. The normalized spacial score (nSPS) is 11.8. The van der Waals surface area contributed by atoms with Crippen LogP contribution in [0.5, 0.6) is 0 Å². The van der Waals surface area contributed by atoms with Crippen LogP contribution in [-0.2, 0) is 0 Å². The van der Waals surface area contributed by atoms with Gasteiger partial charge in [0.15, 0.2) is 0 Å². The average molecular weight is 406 g/mol. The lowest BCUT2D eigenvalue weighted by Gasteiger charge is -2.19. The van der Waals surface area contributed by atoms with E-state index in [0.29, 0.717) is 6.04 Å². The predicted octanol–water partition coefficient (Wildman–Crippen LogP) is 4.51. The Hall–Kier alpha value is -0.0500. The topological polar surface area (TPSA) is 12.0 Å². The summed E-state index contributed by atoms with van der Waals surface area (Å²) in [5, 5.41) is 3.52. The van der Waals surface area contributed by atoms with Gasteiger partial charge in [-0.15, -0.1) is 11.8 Å². The Labute approximate surface area is 126 Å². The van der Waals surface area contributed by atoms with Gasteiger partial charge in [0, 0.05) is 20.5 Å². The molecule has 0 saturated carbocycles. The first-order valence-corrected chi connectivity index (χ1v) is 7.64. The van der Waals surface area contributed by atoms with Crippen LogP contribution in [0.1, 0.15) is 38.3 Å². The van der Waals surface area contributed by atoms with Gasteiger partial charge in [-0.3, -0.25) is 0 Å². The number of benzene rings is 1. The Morgan fingerprint density at radius 3 is 2.88 bits per heavy atom.